The summed E-state index contributed by atoms with van der Waals surface area (Å²) in [5, 5.41) is 9.54. The third-order valence-electron chi connectivity index (χ3n) is 3.96. The maximum absolute atomic E-state index is 13.1. The van der Waals surface area contributed by atoms with E-state index in [9.17, 15) is 9.32 Å². The number of aromatic hydroxyl groups is 1. The van der Waals surface area contributed by atoms with E-state index in [4.69, 9.17) is 4.74 Å². The van der Waals surface area contributed by atoms with E-state index in [1.807, 2.05) is 41.6 Å². The molecule has 25 heavy (non-hydrogen) atoms. The van der Waals surface area contributed by atoms with Crippen molar-refractivity contribution in [3.8, 4) is 11.5 Å². The maximum Gasteiger partial charge on any atom is 0.122 e. The molecule has 2 atom stereocenters. The highest BCUT2D eigenvalue weighted by atomic mass is 32.2. The van der Waals surface area contributed by atoms with Gasteiger partial charge < -0.3 is 9.84 Å². The summed E-state index contributed by atoms with van der Waals surface area (Å²) >= 11 is 0. The lowest BCUT2D eigenvalue weighted by molar-refractivity contribution is 0.414. The van der Waals surface area contributed by atoms with Gasteiger partial charge in [-0.15, -0.1) is 6.58 Å². The van der Waals surface area contributed by atoms with Gasteiger partial charge in [0.15, 0.2) is 0 Å². The summed E-state index contributed by atoms with van der Waals surface area (Å²) in [6, 6.07) is 14.5. The molecule has 0 fully saturated rings. The lowest BCUT2D eigenvalue weighted by Gasteiger charge is -2.27. The summed E-state index contributed by atoms with van der Waals surface area (Å²) in [6.45, 7) is 6.24. The van der Waals surface area contributed by atoms with Gasteiger partial charge in [-0.3, -0.25) is 4.31 Å². The summed E-state index contributed by atoms with van der Waals surface area (Å²) < 4.78 is 20.1. The van der Waals surface area contributed by atoms with Gasteiger partial charge in [0.1, 0.15) is 22.5 Å². The highest BCUT2D eigenvalue weighted by molar-refractivity contribution is 7.87. The van der Waals surface area contributed by atoms with Gasteiger partial charge in [0, 0.05) is 5.69 Å². The van der Waals surface area contributed by atoms with E-state index in [0.29, 0.717) is 6.54 Å². The van der Waals surface area contributed by atoms with E-state index in [0.717, 1.165) is 29.8 Å². The van der Waals surface area contributed by atoms with Gasteiger partial charge in [-0.2, -0.15) is 0 Å². The molecule has 2 aromatic rings. The smallest absolute Gasteiger partial charge is 0.122 e. The zero-order chi connectivity index (χ0) is 18.2. The van der Waals surface area contributed by atoms with Crippen molar-refractivity contribution in [3.63, 3.8) is 0 Å². The maximum atomic E-state index is 13.1. The number of methoxy groups -OCH3 is 1. The molecule has 0 aromatic heterocycles. The van der Waals surface area contributed by atoms with Crippen LogP contribution in [-0.4, -0.2) is 21.7 Å². The summed E-state index contributed by atoms with van der Waals surface area (Å²) in [5.74, 6) is 0.985. The van der Waals surface area contributed by atoms with E-state index in [1.54, 1.807) is 31.4 Å². The van der Waals surface area contributed by atoms with E-state index in [2.05, 4.69) is 6.58 Å². The number of nitrogens with zero attached hydrogens (tertiary/aromatic N) is 1. The lowest BCUT2D eigenvalue weighted by Crippen LogP contribution is -2.31. The van der Waals surface area contributed by atoms with Crippen LogP contribution in [0.3, 0.4) is 0 Å². The molecule has 0 bridgehead atoms. The predicted octanol–water partition coefficient (Wildman–Crippen LogP) is 4.43. The largest absolute Gasteiger partial charge is 0.508 e. The first kappa shape index (κ1) is 19.1. The molecule has 2 unspecified atom stereocenters. The number of ether oxygens (including phenoxy) is 1. The fraction of sp³-hybridized carbons (Fsp3) is 0.300. The SMILES string of the molecule is C=CCCC(C)S(=O)N(Cc1ccc(OC)cc1)c1ccc(O)cc1. The van der Waals surface area contributed by atoms with Crippen molar-refractivity contribution in [3.05, 3.63) is 66.7 Å². The fourth-order valence-electron chi connectivity index (χ4n) is 2.45. The van der Waals surface area contributed by atoms with Crippen LogP contribution in [0.2, 0.25) is 0 Å². The van der Waals surface area contributed by atoms with Gasteiger partial charge >= 0.3 is 0 Å². The molecule has 0 saturated carbocycles. The van der Waals surface area contributed by atoms with Gasteiger partial charge in [-0.1, -0.05) is 18.2 Å². The molecule has 0 aliphatic heterocycles. The number of phenolic OH excluding ortho intramolecular Hbond substituents is 1. The van der Waals surface area contributed by atoms with E-state index < -0.39 is 11.0 Å². The molecule has 1 N–H and O–H groups in total. The average molecular weight is 359 g/mol. The van der Waals surface area contributed by atoms with Gasteiger partial charge in [0.25, 0.3) is 0 Å². The first-order chi connectivity index (χ1) is 12.0. The van der Waals surface area contributed by atoms with Crippen LogP contribution in [0.15, 0.2) is 61.2 Å². The number of hydrogen-bond acceptors (Lipinski definition) is 3. The first-order valence-electron chi connectivity index (χ1n) is 8.26. The minimum atomic E-state index is -1.20. The summed E-state index contributed by atoms with van der Waals surface area (Å²) in [7, 11) is 0.436. The molecule has 0 aliphatic carbocycles. The number of rotatable bonds is 9. The van der Waals surface area contributed by atoms with Crippen molar-refractivity contribution in [2.45, 2.75) is 31.6 Å². The van der Waals surface area contributed by atoms with Crippen molar-refractivity contribution in [1.82, 2.24) is 0 Å². The average Bonchev–Trinajstić information content (AvgIpc) is 2.65. The Morgan fingerprint density at radius 1 is 1.20 bits per heavy atom. The molecule has 134 valence electrons. The Kier molecular flexibility index (Phi) is 7.07. The summed E-state index contributed by atoms with van der Waals surface area (Å²) in [6.07, 6.45) is 3.49. The normalized spacial score (nSPS) is 13.0. The third-order valence-corrected chi connectivity index (χ3v) is 5.66. The molecule has 4 nitrogen and oxygen atoms in total. The number of phenols is 1. The highest BCUT2D eigenvalue weighted by Gasteiger charge is 2.20. The van der Waals surface area contributed by atoms with Crippen LogP contribution in [0, 0.1) is 0 Å². The topological polar surface area (TPSA) is 49.8 Å². The van der Waals surface area contributed by atoms with Crippen molar-refractivity contribution < 1.29 is 14.1 Å². The Morgan fingerprint density at radius 2 is 1.84 bits per heavy atom. The van der Waals surface area contributed by atoms with E-state index >= 15 is 0 Å². The molecular formula is C20H25NO3S. The van der Waals surface area contributed by atoms with Gasteiger partial charge in [0.2, 0.25) is 0 Å². The first-order valence-corrected chi connectivity index (χ1v) is 9.43. The van der Waals surface area contributed by atoms with Gasteiger partial charge in [-0.05, 0) is 61.7 Å². The van der Waals surface area contributed by atoms with Crippen molar-refractivity contribution in [1.29, 1.82) is 0 Å². The molecule has 5 heteroatoms. The Labute approximate surface area is 152 Å². The second-order valence-electron chi connectivity index (χ2n) is 5.85. The second kappa shape index (κ2) is 9.28. The molecule has 2 aromatic carbocycles. The molecular weight excluding hydrogens is 334 g/mol. The third kappa shape index (κ3) is 5.36. The molecule has 0 saturated heterocycles. The Balaban J connectivity index is 2.25. The van der Waals surface area contributed by atoms with Gasteiger partial charge in [0.05, 0.1) is 18.9 Å². The number of anilines is 1. The van der Waals surface area contributed by atoms with Crippen molar-refractivity contribution in [2.75, 3.05) is 11.4 Å². The second-order valence-corrected chi connectivity index (χ2v) is 7.65. The lowest BCUT2D eigenvalue weighted by atomic mass is 10.2. The van der Waals surface area contributed by atoms with Crippen LogP contribution >= 0.6 is 0 Å². The van der Waals surface area contributed by atoms with Crippen LogP contribution in [0.4, 0.5) is 5.69 Å². The van der Waals surface area contributed by atoms with E-state index in [1.165, 1.54) is 0 Å². The minimum absolute atomic E-state index is 0.00468. The molecule has 0 aliphatic rings. The van der Waals surface area contributed by atoms with Crippen LogP contribution in [0.1, 0.15) is 25.3 Å². The zero-order valence-electron chi connectivity index (χ0n) is 14.7. The Hall–Kier alpha value is -2.27. The molecule has 0 amide bonds. The quantitative estimate of drug-likeness (QED) is 0.674. The highest BCUT2D eigenvalue weighted by Crippen LogP contribution is 2.25. The molecule has 0 spiro atoms. The van der Waals surface area contributed by atoms with Crippen molar-refractivity contribution >= 4 is 16.7 Å². The van der Waals surface area contributed by atoms with Crippen LogP contribution in [0.5, 0.6) is 11.5 Å². The summed E-state index contributed by atoms with van der Waals surface area (Å²) in [4.78, 5) is 0. The Morgan fingerprint density at radius 3 is 2.40 bits per heavy atom. The summed E-state index contributed by atoms with van der Waals surface area (Å²) in [5.41, 5.74) is 1.86. The predicted molar refractivity (Wildman–Crippen MR) is 104 cm³/mol. The molecule has 0 heterocycles. The minimum Gasteiger partial charge on any atom is -0.508 e. The fourth-order valence-corrected chi connectivity index (χ4v) is 3.82. The Bertz CT molecular complexity index is 698. The molecule has 0 radical (unpaired) electrons. The van der Waals surface area contributed by atoms with E-state index in [-0.39, 0.29) is 11.0 Å². The molecule has 2 rings (SSSR count). The van der Waals surface area contributed by atoms with Crippen molar-refractivity contribution in [2.24, 2.45) is 0 Å². The number of benzene rings is 2. The van der Waals surface area contributed by atoms with Crippen LogP contribution in [-0.2, 0) is 17.5 Å². The monoisotopic (exact) mass is 359 g/mol. The van der Waals surface area contributed by atoms with Crippen LogP contribution in [0.25, 0.3) is 0 Å². The zero-order valence-corrected chi connectivity index (χ0v) is 15.5. The number of hydrogen-bond donors (Lipinski definition) is 1. The number of allylic oxidation sites excluding steroid dienone is 1. The van der Waals surface area contributed by atoms with Gasteiger partial charge in [-0.25, -0.2) is 4.21 Å². The standard InChI is InChI=1S/C20H25NO3S/c1-4-5-6-16(2)25(23)21(18-9-11-19(22)12-10-18)15-17-7-13-20(24-3)14-8-17/h4,7-14,16,22H,1,5-6,15H2,2-3H3. The van der Waals surface area contributed by atoms with Crippen LogP contribution < -0.4 is 9.04 Å².